The molecule has 92 valence electrons. The van der Waals surface area contributed by atoms with Crippen molar-refractivity contribution in [3.05, 3.63) is 35.9 Å². The van der Waals surface area contributed by atoms with Crippen molar-refractivity contribution >= 4 is 11.8 Å². The van der Waals surface area contributed by atoms with Crippen molar-refractivity contribution in [2.24, 2.45) is 5.92 Å². The van der Waals surface area contributed by atoms with Gasteiger partial charge in [-0.15, -0.1) is 0 Å². The Kier molecular flexibility index (Phi) is 5.40. The van der Waals surface area contributed by atoms with Crippen LogP contribution in [0.15, 0.2) is 30.3 Å². The van der Waals surface area contributed by atoms with Crippen LogP contribution in [0.1, 0.15) is 31.7 Å². The van der Waals surface area contributed by atoms with Gasteiger partial charge in [0.1, 0.15) is 5.78 Å². The van der Waals surface area contributed by atoms with Crippen LogP contribution in [-0.4, -0.2) is 16.9 Å². The molecule has 0 aliphatic rings. The lowest BCUT2D eigenvalue weighted by molar-refractivity contribution is -0.138. The van der Waals surface area contributed by atoms with Crippen LogP contribution in [0.25, 0.3) is 0 Å². The van der Waals surface area contributed by atoms with E-state index in [9.17, 15) is 9.59 Å². The van der Waals surface area contributed by atoms with E-state index in [-0.39, 0.29) is 18.1 Å². The van der Waals surface area contributed by atoms with Crippen LogP contribution >= 0.6 is 0 Å². The highest BCUT2D eigenvalue weighted by atomic mass is 16.4. The summed E-state index contributed by atoms with van der Waals surface area (Å²) in [5, 5.41) is 8.59. The third-order valence-corrected chi connectivity index (χ3v) is 2.63. The van der Waals surface area contributed by atoms with Gasteiger partial charge < -0.3 is 5.11 Å². The fourth-order valence-corrected chi connectivity index (χ4v) is 1.79. The Morgan fingerprint density at radius 3 is 2.41 bits per heavy atom. The van der Waals surface area contributed by atoms with Crippen LogP contribution < -0.4 is 0 Å². The molecule has 0 heterocycles. The van der Waals surface area contributed by atoms with E-state index >= 15 is 0 Å². The predicted octanol–water partition coefficient (Wildman–Crippen LogP) is 2.69. The van der Waals surface area contributed by atoms with Gasteiger partial charge in [0.2, 0.25) is 0 Å². The Bertz CT molecular complexity index is 370. The Labute approximate surface area is 101 Å². The first-order valence-electron chi connectivity index (χ1n) is 5.85. The zero-order valence-electron chi connectivity index (χ0n) is 10.1. The third kappa shape index (κ3) is 5.85. The lowest BCUT2D eigenvalue weighted by Gasteiger charge is -2.07. The summed E-state index contributed by atoms with van der Waals surface area (Å²) in [4.78, 5) is 22.1. The van der Waals surface area contributed by atoms with E-state index in [4.69, 9.17) is 5.11 Å². The second-order valence-corrected chi connectivity index (χ2v) is 4.43. The second-order valence-electron chi connectivity index (χ2n) is 4.43. The minimum Gasteiger partial charge on any atom is -0.481 e. The molecule has 0 aromatic heterocycles. The van der Waals surface area contributed by atoms with Crippen molar-refractivity contribution < 1.29 is 14.7 Å². The molecule has 17 heavy (non-hydrogen) atoms. The zero-order valence-corrected chi connectivity index (χ0v) is 10.1. The number of carboxylic acids is 1. The quantitative estimate of drug-likeness (QED) is 0.789. The molecule has 3 heteroatoms. The number of Topliss-reactive ketones (excluding diaryl/α,β-unsaturated/α-hetero) is 1. The standard InChI is InChI=1S/C14H18O3/c1-11(10-14(16)17)9-13(15)8-7-12-5-3-2-4-6-12/h2-6,11H,7-10H2,1H3,(H,16,17). The summed E-state index contributed by atoms with van der Waals surface area (Å²) in [5.41, 5.74) is 1.15. The largest absolute Gasteiger partial charge is 0.481 e. The zero-order chi connectivity index (χ0) is 12.7. The summed E-state index contributed by atoms with van der Waals surface area (Å²) in [6, 6.07) is 9.84. The normalized spacial score (nSPS) is 12.1. The van der Waals surface area contributed by atoms with Gasteiger partial charge in [-0.3, -0.25) is 9.59 Å². The van der Waals surface area contributed by atoms with Crippen molar-refractivity contribution in [1.29, 1.82) is 0 Å². The Hall–Kier alpha value is -1.64. The number of rotatable bonds is 7. The number of benzene rings is 1. The van der Waals surface area contributed by atoms with E-state index in [2.05, 4.69) is 0 Å². The number of hydrogen-bond acceptors (Lipinski definition) is 2. The first kappa shape index (κ1) is 13.4. The van der Waals surface area contributed by atoms with Crippen molar-refractivity contribution in [1.82, 2.24) is 0 Å². The number of aliphatic carboxylic acids is 1. The van der Waals surface area contributed by atoms with Gasteiger partial charge in [0.05, 0.1) is 0 Å². The smallest absolute Gasteiger partial charge is 0.303 e. The molecular weight excluding hydrogens is 216 g/mol. The average Bonchev–Trinajstić information content (AvgIpc) is 2.26. The van der Waals surface area contributed by atoms with Gasteiger partial charge in [0, 0.05) is 19.3 Å². The first-order chi connectivity index (χ1) is 8.08. The van der Waals surface area contributed by atoms with Crippen molar-refractivity contribution in [2.45, 2.75) is 32.6 Å². The Morgan fingerprint density at radius 2 is 1.82 bits per heavy atom. The van der Waals surface area contributed by atoms with Gasteiger partial charge in [0.15, 0.2) is 0 Å². The summed E-state index contributed by atoms with van der Waals surface area (Å²) < 4.78 is 0. The number of aryl methyl sites for hydroxylation is 1. The molecule has 0 saturated carbocycles. The molecule has 1 N–H and O–H groups in total. The van der Waals surface area contributed by atoms with Crippen molar-refractivity contribution in [3.63, 3.8) is 0 Å². The highest BCUT2D eigenvalue weighted by molar-refractivity contribution is 5.79. The second kappa shape index (κ2) is 6.84. The number of carbonyl (C=O) groups excluding carboxylic acids is 1. The number of carbonyl (C=O) groups is 2. The summed E-state index contributed by atoms with van der Waals surface area (Å²) in [6.07, 6.45) is 1.66. The molecule has 1 rings (SSSR count). The molecule has 0 aliphatic heterocycles. The third-order valence-electron chi connectivity index (χ3n) is 2.63. The number of ketones is 1. The van der Waals surface area contributed by atoms with Crippen LogP contribution in [-0.2, 0) is 16.0 Å². The maximum absolute atomic E-state index is 11.6. The summed E-state index contributed by atoms with van der Waals surface area (Å²) >= 11 is 0. The van der Waals surface area contributed by atoms with Gasteiger partial charge in [0.25, 0.3) is 0 Å². The van der Waals surface area contributed by atoms with E-state index in [1.165, 1.54) is 0 Å². The van der Waals surface area contributed by atoms with Crippen molar-refractivity contribution in [3.8, 4) is 0 Å². The fourth-order valence-electron chi connectivity index (χ4n) is 1.79. The van der Waals surface area contributed by atoms with Gasteiger partial charge in [-0.1, -0.05) is 37.3 Å². The average molecular weight is 234 g/mol. The van der Waals surface area contributed by atoms with E-state index < -0.39 is 5.97 Å². The molecule has 0 bridgehead atoms. The first-order valence-corrected chi connectivity index (χ1v) is 5.85. The molecule has 1 unspecified atom stereocenters. The minimum absolute atomic E-state index is 0.0665. The van der Waals surface area contributed by atoms with Crippen LogP contribution in [0, 0.1) is 5.92 Å². The summed E-state index contributed by atoms with van der Waals surface area (Å²) in [5.74, 6) is -0.772. The lowest BCUT2D eigenvalue weighted by Crippen LogP contribution is -2.10. The number of carboxylic acid groups (broad SMARTS) is 1. The highest BCUT2D eigenvalue weighted by Gasteiger charge is 2.12. The van der Waals surface area contributed by atoms with Crippen LogP contribution in [0.5, 0.6) is 0 Å². The molecule has 0 aliphatic carbocycles. The van der Waals surface area contributed by atoms with Crippen molar-refractivity contribution in [2.75, 3.05) is 0 Å². The molecule has 1 atom stereocenters. The molecule has 0 saturated heterocycles. The summed E-state index contributed by atoms with van der Waals surface area (Å²) in [6.45, 7) is 1.80. The Morgan fingerprint density at radius 1 is 1.18 bits per heavy atom. The van der Waals surface area contributed by atoms with Gasteiger partial charge in [-0.05, 0) is 17.9 Å². The molecule has 0 spiro atoms. The predicted molar refractivity (Wildman–Crippen MR) is 65.8 cm³/mol. The molecule has 3 nitrogen and oxygen atoms in total. The minimum atomic E-state index is -0.839. The van der Waals surface area contributed by atoms with Gasteiger partial charge in [-0.25, -0.2) is 0 Å². The maximum atomic E-state index is 11.6. The van der Waals surface area contributed by atoms with Crippen LogP contribution in [0.3, 0.4) is 0 Å². The molecule has 1 aromatic carbocycles. The van der Waals surface area contributed by atoms with E-state index in [1.807, 2.05) is 30.3 Å². The number of hydrogen-bond donors (Lipinski definition) is 1. The monoisotopic (exact) mass is 234 g/mol. The molecule has 0 fully saturated rings. The highest BCUT2D eigenvalue weighted by Crippen LogP contribution is 2.11. The van der Waals surface area contributed by atoms with Crippen LogP contribution in [0.4, 0.5) is 0 Å². The van der Waals surface area contributed by atoms with E-state index in [0.717, 1.165) is 12.0 Å². The fraction of sp³-hybridized carbons (Fsp3) is 0.429. The maximum Gasteiger partial charge on any atom is 0.303 e. The molecular formula is C14H18O3. The summed E-state index contributed by atoms with van der Waals surface area (Å²) in [7, 11) is 0. The SMILES string of the molecule is CC(CC(=O)O)CC(=O)CCc1ccccc1. The molecule has 0 amide bonds. The molecule has 1 aromatic rings. The van der Waals surface area contributed by atoms with E-state index in [0.29, 0.717) is 12.8 Å². The Balaban J connectivity index is 2.28. The topological polar surface area (TPSA) is 54.4 Å². The lowest BCUT2D eigenvalue weighted by atomic mass is 9.97. The van der Waals surface area contributed by atoms with E-state index in [1.54, 1.807) is 6.92 Å². The van der Waals surface area contributed by atoms with Crippen LogP contribution in [0.2, 0.25) is 0 Å². The van der Waals surface area contributed by atoms with Gasteiger partial charge in [-0.2, -0.15) is 0 Å². The van der Waals surface area contributed by atoms with Gasteiger partial charge >= 0.3 is 5.97 Å². The molecule has 0 radical (unpaired) electrons.